The minimum atomic E-state index is -0.916. The Morgan fingerprint density at radius 2 is 1.85 bits per heavy atom. The molecular weight excluding hydrogens is 450 g/mol. The number of aliphatic hydroxyl groups excluding tert-OH is 1. The molecule has 0 fully saturated rings. The zero-order valence-electron chi connectivity index (χ0n) is 18.2. The molecule has 0 spiro atoms. The normalized spacial score (nSPS) is 16.1. The van der Waals surface area contributed by atoms with Crippen molar-refractivity contribution in [3.63, 3.8) is 0 Å². The number of hydrogen-bond acceptors (Lipinski definition) is 7. The third-order valence-electron chi connectivity index (χ3n) is 5.52. The van der Waals surface area contributed by atoms with Crippen LogP contribution in [0.3, 0.4) is 0 Å². The van der Waals surface area contributed by atoms with Gasteiger partial charge in [0.25, 0.3) is 5.91 Å². The highest BCUT2D eigenvalue weighted by atomic mass is 35.5. The predicted octanol–water partition coefficient (Wildman–Crippen LogP) is 4.80. The maximum Gasteiger partial charge on any atom is 0.290 e. The number of carbonyl (C=O) groups is 2. The van der Waals surface area contributed by atoms with E-state index in [0.717, 1.165) is 0 Å². The van der Waals surface area contributed by atoms with Crippen molar-refractivity contribution in [1.29, 1.82) is 0 Å². The lowest BCUT2D eigenvalue weighted by Crippen LogP contribution is -2.31. The molecule has 33 heavy (non-hydrogen) atoms. The Balaban J connectivity index is 1.84. The SMILES string of the molecule is CCCN1C(=O)C(O)=C(C(=O)c2cc3cc(Cl)cc(OC)c3o2)C1c1ccc(OC)c(O)c1. The number of carbonyl (C=O) groups excluding carboxylic acids is 2. The van der Waals surface area contributed by atoms with Gasteiger partial charge in [0.05, 0.1) is 25.8 Å². The van der Waals surface area contributed by atoms with Crippen LogP contribution in [0.25, 0.3) is 11.0 Å². The number of furan rings is 1. The van der Waals surface area contributed by atoms with Crippen LogP contribution in [0.4, 0.5) is 0 Å². The molecule has 3 aromatic rings. The van der Waals surface area contributed by atoms with Crippen LogP contribution < -0.4 is 9.47 Å². The van der Waals surface area contributed by atoms with Crippen LogP contribution in [0.1, 0.15) is 35.5 Å². The van der Waals surface area contributed by atoms with Crippen LogP contribution in [-0.2, 0) is 4.79 Å². The average molecular weight is 472 g/mol. The summed E-state index contributed by atoms with van der Waals surface area (Å²) in [6, 6.07) is 8.33. The molecule has 1 aliphatic rings. The van der Waals surface area contributed by atoms with Gasteiger partial charge in [-0.2, -0.15) is 0 Å². The molecule has 1 aliphatic heterocycles. The van der Waals surface area contributed by atoms with Gasteiger partial charge < -0.3 is 29.0 Å². The number of hydrogen-bond donors (Lipinski definition) is 2. The molecule has 0 saturated heterocycles. The highest BCUT2D eigenvalue weighted by Gasteiger charge is 2.44. The summed E-state index contributed by atoms with van der Waals surface area (Å²) < 4.78 is 16.1. The van der Waals surface area contributed by atoms with Crippen LogP contribution in [0.5, 0.6) is 17.2 Å². The Hall–Kier alpha value is -3.65. The van der Waals surface area contributed by atoms with E-state index in [-0.39, 0.29) is 22.8 Å². The average Bonchev–Trinajstić information content (AvgIpc) is 3.33. The molecule has 2 aromatic carbocycles. The lowest BCUT2D eigenvalue weighted by Gasteiger charge is -2.26. The van der Waals surface area contributed by atoms with Crippen molar-refractivity contribution >= 4 is 34.3 Å². The second-order valence-electron chi connectivity index (χ2n) is 7.56. The van der Waals surface area contributed by atoms with Crippen molar-refractivity contribution in [1.82, 2.24) is 4.90 Å². The summed E-state index contributed by atoms with van der Waals surface area (Å²) in [6.45, 7) is 2.17. The number of phenols is 1. The number of nitrogens with zero attached hydrogens (tertiary/aromatic N) is 1. The third kappa shape index (κ3) is 3.76. The Kier molecular flexibility index (Phi) is 5.95. The largest absolute Gasteiger partial charge is 0.504 e. The van der Waals surface area contributed by atoms with Crippen molar-refractivity contribution < 1.29 is 33.7 Å². The number of phenolic OH excluding ortho intramolecular Hbond substituents is 1. The zero-order chi connectivity index (χ0) is 23.9. The highest BCUT2D eigenvalue weighted by molar-refractivity contribution is 6.31. The van der Waals surface area contributed by atoms with Gasteiger partial charge in [-0.15, -0.1) is 0 Å². The first-order chi connectivity index (χ1) is 15.8. The van der Waals surface area contributed by atoms with Gasteiger partial charge in [0.15, 0.2) is 34.4 Å². The summed E-state index contributed by atoms with van der Waals surface area (Å²) in [5.74, 6) is -1.62. The Morgan fingerprint density at radius 3 is 2.48 bits per heavy atom. The van der Waals surface area contributed by atoms with Crippen LogP contribution >= 0.6 is 11.6 Å². The van der Waals surface area contributed by atoms with E-state index in [2.05, 4.69) is 0 Å². The molecule has 1 atom stereocenters. The van der Waals surface area contributed by atoms with Gasteiger partial charge in [-0.05, 0) is 36.2 Å². The van der Waals surface area contributed by atoms with Gasteiger partial charge in [-0.1, -0.05) is 24.6 Å². The van der Waals surface area contributed by atoms with Gasteiger partial charge in [0.2, 0.25) is 5.78 Å². The van der Waals surface area contributed by atoms with Gasteiger partial charge in [0.1, 0.15) is 0 Å². The van der Waals surface area contributed by atoms with Crippen LogP contribution in [-0.4, -0.2) is 47.6 Å². The van der Waals surface area contributed by atoms with E-state index in [1.165, 1.54) is 37.3 Å². The van der Waals surface area contributed by atoms with Crippen molar-refractivity contribution in [3.8, 4) is 17.2 Å². The second kappa shape index (κ2) is 8.71. The van der Waals surface area contributed by atoms with E-state index >= 15 is 0 Å². The molecule has 2 N–H and O–H groups in total. The van der Waals surface area contributed by atoms with E-state index in [1.54, 1.807) is 18.2 Å². The Labute approximate surface area is 194 Å². The number of methoxy groups -OCH3 is 2. The number of ketones is 1. The van der Waals surface area contributed by atoms with E-state index < -0.39 is 23.5 Å². The number of amides is 1. The molecule has 9 heteroatoms. The molecule has 0 radical (unpaired) electrons. The zero-order valence-corrected chi connectivity index (χ0v) is 19.0. The molecule has 1 amide bonds. The minimum Gasteiger partial charge on any atom is -0.504 e. The molecule has 1 aromatic heterocycles. The number of fused-ring (bicyclic) bond motifs is 1. The van der Waals surface area contributed by atoms with Crippen LogP contribution in [0, 0.1) is 0 Å². The Morgan fingerprint density at radius 1 is 1.12 bits per heavy atom. The summed E-state index contributed by atoms with van der Waals surface area (Å²) >= 11 is 6.12. The topological polar surface area (TPSA) is 109 Å². The summed E-state index contributed by atoms with van der Waals surface area (Å²) in [7, 11) is 2.87. The van der Waals surface area contributed by atoms with Gasteiger partial charge >= 0.3 is 0 Å². The van der Waals surface area contributed by atoms with Crippen LogP contribution in [0.15, 0.2) is 52.1 Å². The number of ether oxygens (including phenoxy) is 2. The highest BCUT2D eigenvalue weighted by Crippen LogP contribution is 2.42. The summed E-state index contributed by atoms with van der Waals surface area (Å²) in [5, 5.41) is 21.9. The maximum absolute atomic E-state index is 13.5. The molecule has 8 nitrogen and oxygen atoms in total. The van der Waals surface area contributed by atoms with Crippen molar-refractivity contribution in [3.05, 3.63) is 64.1 Å². The number of halogens is 1. The fourth-order valence-electron chi connectivity index (χ4n) is 4.06. The number of aromatic hydroxyl groups is 1. The van der Waals surface area contributed by atoms with E-state index in [9.17, 15) is 19.8 Å². The Bertz CT molecular complexity index is 1290. The standard InChI is InChI=1S/C24H22ClNO7/c1-4-7-26-20(12-5-6-16(31-2)15(27)9-12)19(22(29)24(26)30)21(28)17-10-13-8-14(25)11-18(32-3)23(13)33-17/h5-6,8-11,20,27,29H,4,7H2,1-3H3. The fraction of sp³-hybridized carbons (Fsp3) is 0.250. The number of rotatable bonds is 7. The summed E-state index contributed by atoms with van der Waals surface area (Å²) in [4.78, 5) is 27.8. The molecule has 0 bridgehead atoms. The third-order valence-corrected chi connectivity index (χ3v) is 5.74. The maximum atomic E-state index is 13.5. The lowest BCUT2D eigenvalue weighted by molar-refractivity contribution is -0.129. The minimum absolute atomic E-state index is 0.0824. The van der Waals surface area contributed by atoms with Gasteiger partial charge in [0, 0.05) is 23.0 Å². The summed E-state index contributed by atoms with van der Waals surface area (Å²) in [6.07, 6.45) is 0.597. The first kappa shape index (κ1) is 22.5. The monoisotopic (exact) mass is 471 g/mol. The molecule has 0 saturated carbocycles. The predicted molar refractivity (Wildman–Crippen MR) is 121 cm³/mol. The smallest absolute Gasteiger partial charge is 0.290 e. The van der Waals surface area contributed by atoms with Crippen molar-refractivity contribution in [2.45, 2.75) is 19.4 Å². The first-order valence-corrected chi connectivity index (χ1v) is 10.6. The number of Topliss-reactive ketones (excluding diaryl/α,β-unsaturated/α-hetero) is 1. The fourth-order valence-corrected chi connectivity index (χ4v) is 4.28. The van der Waals surface area contributed by atoms with E-state index in [4.69, 9.17) is 25.5 Å². The summed E-state index contributed by atoms with van der Waals surface area (Å²) in [5.41, 5.74) is 0.625. The molecule has 4 rings (SSSR count). The van der Waals surface area contributed by atoms with Crippen molar-refractivity contribution in [2.24, 2.45) is 0 Å². The second-order valence-corrected chi connectivity index (χ2v) is 8.00. The molecule has 2 heterocycles. The van der Waals surface area contributed by atoms with E-state index in [0.29, 0.717) is 40.3 Å². The number of benzene rings is 2. The quantitative estimate of drug-likeness (QED) is 0.476. The van der Waals surface area contributed by atoms with E-state index in [1.807, 2.05) is 6.92 Å². The number of aliphatic hydroxyl groups is 1. The van der Waals surface area contributed by atoms with Crippen LogP contribution in [0.2, 0.25) is 5.02 Å². The molecular formula is C24H22ClNO7. The van der Waals surface area contributed by atoms with Gasteiger partial charge in [-0.25, -0.2) is 0 Å². The molecule has 0 aliphatic carbocycles. The van der Waals surface area contributed by atoms with Gasteiger partial charge in [-0.3, -0.25) is 9.59 Å². The van der Waals surface area contributed by atoms with Crippen molar-refractivity contribution in [2.75, 3.05) is 20.8 Å². The molecule has 172 valence electrons. The lowest BCUT2D eigenvalue weighted by atomic mass is 9.94. The molecule has 1 unspecified atom stereocenters. The first-order valence-electron chi connectivity index (χ1n) is 10.2.